The molecule has 0 saturated heterocycles. The lowest BCUT2D eigenvalue weighted by Crippen LogP contribution is -2.34. The lowest BCUT2D eigenvalue weighted by Gasteiger charge is -2.21. The maximum Gasteiger partial charge on any atom is 0.224 e. The number of nitrogens with zero attached hydrogens (tertiary/aromatic N) is 1. The van der Waals surface area contributed by atoms with Gasteiger partial charge in [0.15, 0.2) is 0 Å². The summed E-state index contributed by atoms with van der Waals surface area (Å²) in [5.74, 6) is 1.12. The van der Waals surface area contributed by atoms with Crippen LogP contribution >= 0.6 is 0 Å². The fraction of sp³-hybridized carbons (Fsp3) is 0.538. The summed E-state index contributed by atoms with van der Waals surface area (Å²) in [6, 6.07) is 0.00315. The van der Waals surface area contributed by atoms with Gasteiger partial charge < -0.3 is 10.3 Å². The van der Waals surface area contributed by atoms with E-state index in [1.54, 1.807) is 12.4 Å². The fourth-order valence-electron chi connectivity index (χ4n) is 2.15. The van der Waals surface area contributed by atoms with Gasteiger partial charge in [-0.15, -0.1) is 0 Å². The van der Waals surface area contributed by atoms with Crippen LogP contribution in [0, 0.1) is 5.92 Å². The number of aromatic amines is 1. The van der Waals surface area contributed by atoms with E-state index >= 15 is 0 Å². The molecule has 2 atom stereocenters. The molecule has 0 radical (unpaired) electrons. The summed E-state index contributed by atoms with van der Waals surface area (Å²) in [6.45, 7) is 2.05. The summed E-state index contributed by atoms with van der Waals surface area (Å²) in [6.07, 6.45) is 11.4. The zero-order valence-electron chi connectivity index (χ0n) is 10.1. The summed E-state index contributed by atoms with van der Waals surface area (Å²) in [7, 11) is 0. The molecular formula is C13H19N3O. The average Bonchev–Trinajstić information content (AvgIpc) is 2.90. The number of carbonyl (C=O) groups excluding carboxylic acids is 1. The highest BCUT2D eigenvalue weighted by Gasteiger charge is 2.22. The van der Waals surface area contributed by atoms with Gasteiger partial charge in [0.25, 0.3) is 0 Å². The number of amides is 1. The standard InChI is InChI=1S/C13H19N3O/c1-2-11(12-14-8-9-15-12)16-13(17)10-6-4-3-5-7-10/h3-4,8-11H,2,5-7H2,1H3,(H,14,15)(H,16,17). The molecule has 2 N–H and O–H groups in total. The molecule has 92 valence electrons. The molecule has 4 nitrogen and oxygen atoms in total. The van der Waals surface area contributed by atoms with Crippen molar-refractivity contribution in [1.29, 1.82) is 0 Å². The van der Waals surface area contributed by atoms with Gasteiger partial charge in [0.05, 0.1) is 6.04 Å². The Balaban J connectivity index is 1.94. The zero-order chi connectivity index (χ0) is 12.1. The zero-order valence-corrected chi connectivity index (χ0v) is 10.1. The Morgan fingerprint density at radius 2 is 2.53 bits per heavy atom. The van der Waals surface area contributed by atoms with Gasteiger partial charge in [-0.1, -0.05) is 19.1 Å². The number of H-pyrrole nitrogens is 1. The first-order valence-electron chi connectivity index (χ1n) is 6.26. The molecule has 0 aliphatic heterocycles. The van der Waals surface area contributed by atoms with Crippen molar-refractivity contribution in [2.75, 3.05) is 0 Å². The van der Waals surface area contributed by atoms with Gasteiger partial charge in [-0.05, 0) is 25.7 Å². The Bertz CT molecular complexity index is 383. The SMILES string of the molecule is CCC(NC(=O)C1CC=CCC1)c1ncc[nH]1. The van der Waals surface area contributed by atoms with Crippen molar-refractivity contribution in [1.82, 2.24) is 15.3 Å². The highest BCUT2D eigenvalue weighted by molar-refractivity contribution is 5.79. The van der Waals surface area contributed by atoms with E-state index in [0.29, 0.717) is 0 Å². The van der Waals surface area contributed by atoms with Crippen molar-refractivity contribution in [2.45, 2.75) is 38.6 Å². The second-order valence-electron chi connectivity index (χ2n) is 4.43. The lowest BCUT2D eigenvalue weighted by molar-refractivity contribution is -0.126. The maximum absolute atomic E-state index is 12.1. The van der Waals surface area contributed by atoms with E-state index in [0.717, 1.165) is 31.5 Å². The van der Waals surface area contributed by atoms with Crippen LogP contribution < -0.4 is 5.32 Å². The topological polar surface area (TPSA) is 57.8 Å². The van der Waals surface area contributed by atoms with Gasteiger partial charge in [-0.25, -0.2) is 4.98 Å². The molecule has 17 heavy (non-hydrogen) atoms. The molecule has 0 bridgehead atoms. The minimum Gasteiger partial charge on any atom is -0.347 e. The Morgan fingerprint density at radius 1 is 1.65 bits per heavy atom. The molecule has 1 aliphatic rings. The second-order valence-corrected chi connectivity index (χ2v) is 4.43. The molecule has 1 aromatic heterocycles. The first-order valence-corrected chi connectivity index (χ1v) is 6.26. The number of imidazole rings is 1. The van der Waals surface area contributed by atoms with E-state index < -0.39 is 0 Å². The molecule has 1 aliphatic carbocycles. The maximum atomic E-state index is 12.1. The van der Waals surface area contributed by atoms with Crippen LogP contribution in [0.5, 0.6) is 0 Å². The van der Waals surface area contributed by atoms with E-state index in [4.69, 9.17) is 0 Å². The van der Waals surface area contributed by atoms with Crippen molar-refractivity contribution in [3.05, 3.63) is 30.4 Å². The number of hydrogen-bond acceptors (Lipinski definition) is 2. The van der Waals surface area contributed by atoms with E-state index in [1.807, 2.05) is 6.92 Å². The normalized spacial score (nSPS) is 21.1. The number of nitrogens with one attached hydrogen (secondary N) is 2. The van der Waals surface area contributed by atoms with Crippen molar-refractivity contribution < 1.29 is 4.79 Å². The smallest absolute Gasteiger partial charge is 0.224 e. The Morgan fingerprint density at radius 3 is 3.12 bits per heavy atom. The molecule has 1 amide bonds. The Hall–Kier alpha value is -1.58. The molecule has 0 fully saturated rings. The first kappa shape index (κ1) is 11.9. The minimum atomic E-state index is 0.00315. The molecule has 2 rings (SSSR count). The van der Waals surface area contributed by atoms with Crippen molar-refractivity contribution in [2.24, 2.45) is 5.92 Å². The van der Waals surface area contributed by atoms with Crippen molar-refractivity contribution in [3.8, 4) is 0 Å². The quantitative estimate of drug-likeness (QED) is 0.784. The summed E-state index contributed by atoms with van der Waals surface area (Å²) >= 11 is 0. The van der Waals surface area contributed by atoms with Gasteiger partial charge in [-0.2, -0.15) is 0 Å². The van der Waals surface area contributed by atoms with Crippen LogP contribution in [0.15, 0.2) is 24.5 Å². The molecule has 0 aromatic carbocycles. The Kier molecular flexibility index (Phi) is 3.96. The van der Waals surface area contributed by atoms with Gasteiger partial charge >= 0.3 is 0 Å². The summed E-state index contributed by atoms with van der Waals surface area (Å²) in [4.78, 5) is 19.3. The summed E-state index contributed by atoms with van der Waals surface area (Å²) in [5, 5.41) is 3.07. The highest BCUT2D eigenvalue weighted by atomic mass is 16.1. The number of rotatable bonds is 4. The number of allylic oxidation sites excluding steroid dienone is 2. The van der Waals surface area contributed by atoms with E-state index in [2.05, 4.69) is 27.4 Å². The molecule has 0 saturated carbocycles. The molecular weight excluding hydrogens is 214 g/mol. The van der Waals surface area contributed by atoms with Crippen molar-refractivity contribution >= 4 is 5.91 Å². The highest BCUT2D eigenvalue weighted by Crippen LogP contribution is 2.20. The van der Waals surface area contributed by atoms with E-state index in [-0.39, 0.29) is 17.9 Å². The average molecular weight is 233 g/mol. The van der Waals surface area contributed by atoms with Crippen LogP contribution in [0.1, 0.15) is 44.5 Å². The summed E-state index contributed by atoms with van der Waals surface area (Å²) < 4.78 is 0. The summed E-state index contributed by atoms with van der Waals surface area (Å²) in [5.41, 5.74) is 0. The predicted octanol–water partition coefficient (Wildman–Crippen LogP) is 2.33. The third-order valence-electron chi connectivity index (χ3n) is 3.21. The van der Waals surface area contributed by atoms with Gasteiger partial charge in [-0.3, -0.25) is 4.79 Å². The molecule has 2 unspecified atom stereocenters. The monoisotopic (exact) mass is 233 g/mol. The number of carbonyl (C=O) groups is 1. The first-order chi connectivity index (χ1) is 8.31. The van der Waals surface area contributed by atoms with Gasteiger partial charge in [0.1, 0.15) is 5.82 Å². The molecule has 4 heteroatoms. The van der Waals surface area contributed by atoms with Gasteiger partial charge in [0.2, 0.25) is 5.91 Å². The van der Waals surface area contributed by atoms with E-state index in [1.165, 1.54) is 0 Å². The number of aromatic nitrogens is 2. The van der Waals surface area contributed by atoms with Crippen LogP contribution in [-0.4, -0.2) is 15.9 Å². The van der Waals surface area contributed by atoms with Crippen molar-refractivity contribution in [3.63, 3.8) is 0 Å². The molecule has 0 spiro atoms. The second kappa shape index (κ2) is 5.66. The fourth-order valence-corrected chi connectivity index (χ4v) is 2.15. The third-order valence-corrected chi connectivity index (χ3v) is 3.21. The van der Waals surface area contributed by atoms with Gasteiger partial charge in [0, 0.05) is 18.3 Å². The van der Waals surface area contributed by atoms with Crippen LogP contribution in [0.4, 0.5) is 0 Å². The molecule has 1 heterocycles. The lowest BCUT2D eigenvalue weighted by atomic mass is 9.93. The predicted molar refractivity (Wildman–Crippen MR) is 66.2 cm³/mol. The Labute approximate surface area is 102 Å². The van der Waals surface area contributed by atoms with Crippen LogP contribution in [0.25, 0.3) is 0 Å². The number of hydrogen-bond donors (Lipinski definition) is 2. The van der Waals surface area contributed by atoms with E-state index in [9.17, 15) is 4.79 Å². The van der Waals surface area contributed by atoms with Crippen LogP contribution in [0.3, 0.4) is 0 Å². The van der Waals surface area contributed by atoms with Crippen LogP contribution in [0.2, 0.25) is 0 Å². The minimum absolute atomic E-state index is 0.00315. The van der Waals surface area contributed by atoms with Crippen LogP contribution in [-0.2, 0) is 4.79 Å². The molecule has 1 aromatic rings. The largest absolute Gasteiger partial charge is 0.347 e. The third kappa shape index (κ3) is 2.96.